The van der Waals surface area contributed by atoms with Gasteiger partial charge in [0.25, 0.3) is 11.1 Å². The van der Waals surface area contributed by atoms with Crippen molar-refractivity contribution in [2.24, 2.45) is 0 Å². The zero-order valence-electron chi connectivity index (χ0n) is 8.47. The molecule has 1 N–H and O–H groups in total. The zero-order chi connectivity index (χ0) is 12.4. The van der Waals surface area contributed by atoms with Crippen molar-refractivity contribution >= 4 is 33.0 Å². The Morgan fingerprint density at radius 2 is 2.12 bits per heavy atom. The van der Waals surface area contributed by atoms with Crippen LogP contribution in [0.3, 0.4) is 0 Å². The largest absolute Gasteiger partial charge is 0.291 e. The first-order valence-electron chi connectivity index (χ1n) is 4.64. The third-order valence-electron chi connectivity index (χ3n) is 2.06. The van der Waals surface area contributed by atoms with Crippen LogP contribution in [0.15, 0.2) is 37.6 Å². The molecule has 0 saturated heterocycles. The van der Waals surface area contributed by atoms with Crippen LogP contribution < -0.4 is 11.1 Å². The predicted molar refractivity (Wildman–Crippen MR) is 67.7 cm³/mol. The highest BCUT2D eigenvalue weighted by Crippen LogP contribution is 2.23. The van der Waals surface area contributed by atoms with E-state index in [9.17, 15) is 14.4 Å². The average Bonchev–Trinajstić information content (AvgIpc) is 2.70. The third kappa shape index (κ3) is 2.62. The fourth-order valence-corrected chi connectivity index (χ4v) is 2.81. The molecule has 0 aromatic carbocycles. The SMILES string of the molecule is O=C(Cn1[nH]c(=O)ccc1=O)c1sccc1Br. The summed E-state index contributed by atoms with van der Waals surface area (Å²) in [6, 6.07) is 4.02. The number of hydrogen-bond acceptors (Lipinski definition) is 4. The van der Waals surface area contributed by atoms with Crippen LogP contribution in [0.5, 0.6) is 0 Å². The number of H-pyrrole nitrogens is 1. The lowest BCUT2D eigenvalue weighted by Crippen LogP contribution is -2.30. The fourth-order valence-electron chi connectivity index (χ4n) is 1.29. The number of nitrogens with zero attached hydrogens (tertiary/aromatic N) is 1. The number of carbonyl (C=O) groups is 1. The second kappa shape index (κ2) is 4.80. The molecule has 2 aromatic heterocycles. The Kier molecular flexibility index (Phi) is 3.39. The Hall–Kier alpha value is -1.47. The number of hydrogen-bond donors (Lipinski definition) is 1. The summed E-state index contributed by atoms with van der Waals surface area (Å²) in [6.07, 6.45) is 0. The van der Waals surface area contributed by atoms with Gasteiger partial charge in [-0.25, -0.2) is 4.68 Å². The quantitative estimate of drug-likeness (QED) is 0.866. The minimum atomic E-state index is -0.414. The van der Waals surface area contributed by atoms with Crippen LogP contribution in [0.1, 0.15) is 9.67 Å². The molecule has 0 aliphatic carbocycles. The Balaban J connectivity index is 2.31. The van der Waals surface area contributed by atoms with E-state index in [1.54, 1.807) is 11.4 Å². The van der Waals surface area contributed by atoms with Crippen molar-refractivity contribution in [1.82, 2.24) is 9.78 Å². The van der Waals surface area contributed by atoms with Crippen LogP contribution >= 0.6 is 27.3 Å². The molecule has 88 valence electrons. The van der Waals surface area contributed by atoms with Gasteiger partial charge in [-0.1, -0.05) is 0 Å². The van der Waals surface area contributed by atoms with Gasteiger partial charge in [-0.2, -0.15) is 0 Å². The minimum Gasteiger partial charge on any atom is -0.291 e. The second-order valence-electron chi connectivity index (χ2n) is 3.25. The van der Waals surface area contributed by atoms with Crippen molar-refractivity contribution in [2.75, 3.05) is 0 Å². The molecule has 0 amide bonds. The number of carbonyl (C=O) groups excluding carboxylic acids is 1. The molecule has 0 atom stereocenters. The number of rotatable bonds is 3. The van der Waals surface area contributed by atoms with Crippen molar-refractivity contribution in [2.45, 2.75) is 6.54 Å². The van der Waals surface area contributed by atoms with E-state index in [2.05, 4.69) is 21.0 Å². The van der Waals surface area contributed by atoms with Crippen molar-refractivity contribution < 1.29 is 4.79 Å². The summed E-state index contributed by atoms with van der Waals surface area (Å²) in [5, 5.41) is 4.08. The molecule has 0 bridgehead atoms. The molecule has 7 heteroatoms. The van der Waals surface area contributed by atoms with E-state index in [-0.39, 0.29) is 12.3 Å². The van der Waals surface area contributed by atoms with Gasteiger partial charge < -0.3 is 0 Å². The molecule has 0 spiro atoms. The van der Waals surface area contributed by atoms with Crippen LogP contribution in [-0.4, -0.2) is 15.6 Å². The highest BCUT2D eigenvalue weighted by atomic mass is 79.9. The molecule has 17 heavy (non-hydrogen) atoms. The zero-order valence-corrected chi connectivity index (χ0v) is 10.9. The van der Waals surface area contributed by atoms with Gasteiger partial charge in [-0.15, -0.1) is 11.3 Å². The van der Waals surface area contributed by atoms with Gasteiger partial charge in [0.15, 0.2) is 5.78 Å². The lowest BCUT2D eigenvalue weighted by molar-refractivity contribution is 0.0968. The van der Waals surface area contributed by atoms with Crippen molar-refractivity contribution in [3.8, 4) is 0 Å². The number of halogens is 1. The van der Waals surface area contributed by atoms with Crippen LogP contribution in [-0.2, 0) is 6.54 Å². The summed E-state index contributed by atoms with van der Waals surface area (Å²) >= 11 is 4.53. The molecule has 2 aromatic rings. The number of aromatic nitrogens is 2. The molecule has 0 fully saturated rings. The monoisotopic (exact) mass is 314 g/mol. The standard InChI is InChI=1S/C10H7BrN2O3S/c11-6-3-4-17-10(6)7(14)5-13-9(16)2-1-8(15)12-13/h1-4H,5H2,(H,12,15). The van der Waals surface area contributed by atoms with Crippen molar-refractivity contribution in [3.05, 3.63) is 53.6 Å². The van der Waals surface area contributed by atoms with Crippen LogP contribution in [0, 0.1) is 0 Å². The Bertz CT molecular complexity index is 670. The van der Waals surface area contributed by atoms with Gasteiger partial charge in [0.05, 0.1) is 4.88 Å². The number of thiophene rings is 1. The summed E-state index contributed by atoms with van der Waals surface area (Å²) in [4.78, 5) is 34.8. The summed E-state index contributed by atoms with van der Waals surface area (Å²) in [5.74, 6) is -0.226. The molecule has 0 aliphatic heterocycles. The Morgan fingerprint density at radius 3 is 2.76 bits per heavy atom. The van der Waals surface area contributed by atoms with E-state index in [0.29, 0.717) is 9.35 Å². The van der Waals surface area contributed by atoms with E-state index >= 15 is 0 Å². The van der Waals surface area contributed by atoms with E-state index in [0.717, 1.165) is 16.8 Å². The van der Waals surface area contributed by atoms with E-state index in [1.807, 2.05) is 0 Å². The highest BCUT2D eigenvalue weighted by molar-refractivity contribution is 9.10. The molecule has 2 heterocycles. The topological polar surface area (TPSA) is 71.9 Å². The molecular weight excluding hydrogens is 308 g/mol. The Morgan fingerprint density at radius 1 is 1.35 bits per heavy atom. The first kappa shape index (κ1) is 12.0. The highest BCUT2D eigenvalue weighted by Gasteiger charge is 2.13. The van der Waals surface area contributed by atoms with Crippen LogP contribution in [0.4, 0.5) is 0 Å². The maximum Gasteiger partial charge on any atom is 0.265 e. The maximum absolute atomic E-state index is 11.9. The third-order valence-corrected chi connectivity index (χ3v) is 3.94. The normalized spacial score (nSPS) is 10.4. The molecule has 0 aliphatic rings. The molecule has 0 saturated carbocycles. The fraction of sp³-hybridized carbons (Fsp3) is 0.100. The molecule has 0 radical (unpaired) electrons. The van der Waals surface area contributed by atoms with E-state index in [4.69, 9.17) is 0 Å². The second-order valence-corrected chi connectivity index (χ2v) is 5.03. The average molecular weight is 315 g/mol. The number of Topliss-reactive ketones (excluding diaryl/α,β-unsaturated/α-hetero) is 1. The molecule has 2 rings (SSSR count). The first-order valence-corrected chi connectivity index (χ1v) is 6.31. The summed E-state index contributed by atoms with van der Waals surface area (Å²) in [5.41, 5.74) is -0.826. The van der Waals surface area contributed by atoms with E-state index < -0.39 is 11.1 Å². The number of aromatic amines is 1. The number of ketones is 1. The lowest BCUT2D eigenvalue weighted by atomic mass is 10.3. The lowest BCUT2D eigenvalue weighted by Gasteiger charge is -2.02. The van der Waals surface area contributed by atoms with Gasteiger partial charge in [-0.3, -0.25) is 19.5 Å². The smallest absolute Gasteiger partial charge is 0.265 e. The van der Waals surface area contributed by atoms with E-state index in [1.165, 1.54) is 11.3 Å². The minimum absolute atomic E-state index is 0.173. The first-order chi connectivity index (χ1) is 8.08. The molecular formula is C10H7BrN2O3S. The van der Waals surface area contributed by atoms with Gasteiger partial charge in [0.1, 0.15) is 6.54 Å². The number of nitrogens with one attached hydrogen (secondary N) is 1. The van der Waals surface area contributed by atoms with Gasteiger partial charge in [0.2, 0.25) is 0 Å². The van der Waals surface area contributed by atoms with Gasteiger partial charge in [0, 0.05) is 16.6 Å². The van der Waals surface area contributed by atoms with Crippen molar-refractivity contribution in [1.29, 1.82) is 0 Å². The summed E-state index contributed by atoms with van der Waals surface area (Å²) in [6.45, 7) is -0.173. The summed E-state index contributed by atoms with van der Waals surface area (Å²) < 4.78 is 1.69. The van der Waals surface area contributed by atoms with Crippen LogP contribution in [0.2, 0.25) is 0 Å². The summed E-state index contributed by atoms with van der Waals surface area (Å²) in [7, 11) is 0. The van der Waals surface area contributed by atoms with Crippen LogP contribution in [0.25, 0.3) is 0 Å². The molecule has 5 nitrogen and oxygen atoms in total. The maximum atomic E-state index is 11.9. The van der Waals surface area contributed by atoms with Crippen molar-refractivity contribution in [3.63, 3.8) is 0 Å². The predicted octanol–water partition coefficient (Wildman–Crippen LogP) is 1.24. The Labute approximate surface area is 108 Å². The van der Waals surface area contributed by atoms with Gasteiger partial charge >= 0.3 is 0 Å². The van der Waals surface area contributed by atoms with Gasteiger partial charge in [-0.05, 0) is 27.4 Å². The molecule has 0 unspecified atom stereocenters.